The quantitative estimate of drug-likeness (QED) is 0.685. The van der Waals surface area contributed by atoms with Crippen molar-refractivity contribution in [1.82, 2.24) is 19.8 Å². The summed E-state index contributed by atoms with van der Waals surface area (Å²) in [6, 6.07) is 14.4. The van der Waals surface area contributed by atoms with Gasteiger partial charge in [-0.3, -0.25) is 14.7 Å². The molecule has 5 nitrogen and oxygen atoms in total. The summed E-state index contributed by atoms with van der Waals surface area (Å²) in [6.45, 7) is 4.35. The lowest BCUT2D eigenvalue weighted by molar-refractivity contribution is -0.132. The molecular weight excluding hydrogens is 356 g/mol. The van der Waals surface area contributed by atoms with Crippen LogP contribution in [0.25, 0.3) is 10.6 Å². The van der Waals surface area contributed by atoms with E-state index in [0.717, 1.165) is 49.0 Å². The Kier molecular flexibility index (Phi) is 5.55. The maximum absolute atomic E-state index is 12.6. The second-order valence-corrected chi connectivity index (χ2v) is 7.56. The van der Waals surface area contributed by atoms with Gasteiger partial charge in [0, 0.05) is 56.1 Å². The van der Waals surface area contributed by atoms with E-state index in [0.29, 0.717) is 6.42 Å². The van der Waals surface area contributed by atoms with Gasteiger partial charge < -0.3 is 4.90 Å². The highest BCUT2D eigenvalue weighted by molar-refractivity contribution is 7.13. The molecule has 1 aliphatic rings. The molecule has 0 N–H and O–H groups in total. The first-order valence-electron chi connectivity index (χ1n) is 9.17. The number of aromatic nitrogens is 2. The average molecular weight is 379 g/mol. The van der Waals surface area contributed by atoms with E-state index in [2.05, 4.69) is 39.1 Å². The van der Waals surface area contributed by atoms with Gasteiger partial charge in [-0.15, -0.1) is 11.3 Å². The average Bonchev–Trinajstić information content (AvgIpc) is 3.18. The molecule has 0 radical (unpaired) electrons. The molecule has 4 rings (SSSR count). The molecule has 1 amide bonds. The highest BCUT2D eigenvalue weighted by Gasteiger charge is 2.22. The van der Waals surface area contributed by atoms with E-state index in [1.54, 1.807) is 23.7 Å². The molecule has 0 bridgehead atoms. The van der Waals surface area contributed by atoms with Gasteiger partial charge in [-0.05, 0) is 17.7 Å². The summed E-state index contributed by atoms with van der Waals surface area (Å²) in [7, 11) is 0. The van der Waals surface area contributed by atoms with Crippen LogP contribution in [0, 0.1) is 0 Å². The Morgan fingerprint density at radius 2 is 1.74 bits per heavy atom. The lowest BCUT2D eigenvalue weighted by Gasteiger charge is -2.34. The predicted octanol–water partition coefficient (Wildman–Crippen LogP) is 3.09. The van der Waals surface area contributed by atoms with Gasteiger partial charge in [0.15, 0.2) is 0 Å². The number of hydrogen-bond acceptors (Lipinski definition) is 5. The monoisotopic (exact) mass is 378 g/mol. The molecule has 3 heterocycles. The van der Waals surface area contributed by atoms with Crippen LogP contribution in [0.15, 0.2) is 60.2 Å². The molecule has 2 aromatic heterocycles. The van der Waals surface area contributed by atoms with E-state index < -0.39 is 0 Å². The van der Waals surface area contributed by atoms with Crippen molar-refractivity contribution in [2.45, 2.75) is 13.0 Å². The Labute approximate surface area is 163 Å². The number of benzene rings is 1. The Bertz CT molecular complexity index is 873. The minimum absolute atomic E-state index is 0.168. The first-order valence-corrected chi connectivity index (χ1v) is 10.0. The summed E-state index contributed by atoms with van der Waals surface area (Å²) in [6.07, 6.45) is 3.90. The Hall–Kier alpha value is -2.57. The predicted molar refractivity (Wildman–Crippen MR) is 107 cm³/mol. The summed E-state index contributed by atoms with van der Waals surface area (Å²) in [5.74, 6) is 0.168. The molecule has 0 saturated carbocycles. The summed E-state index contributed by atoms with van der Waals surface area (Å²) >= 11 is 1.58. The van der Waals surface area contributed by atoms with Gasteiger partial charge in [0.1, 0.15) is 5.01 Å². The van der Waals surface area contributed by atoms with Gasteiger partial charge in [0.2, 0.25) is 5.91 Å². The zero-order valence-corrected chi connectivity index (χ0v) is 15.9. The molecular formula is C21H22N4OS. The second kappa shape index (κ2) is 8.41. The number of carbonyl (C=O) groups excluding carboxylic acids is 1. The molecule has 1 saturated heterocycles. The van der Waals surface area contributed by atoms with Gasteiger partial charge in [0.05, 0.1) is 12.1 Å². The van der Waals surface area contributed by atoms with Crippen LogP contribution in [0.1, 0.15) is 11.3 Å². The van der Waals surface area contributed by atoms with Crippen molar-refractivity contribution in [2.24, 2.45) is 0 Å². The fourth-order valence-electron chi connectivity index (χ4n) is 3.28. The minimum atomic E-state index is 0.168. The van der Waals surface area contributed by atoms with Gasteiger partial charge >= 0.3 is 0 Å². The van der Waals surface area contributed by atoms with E-state index in [1.807, 2.05) is 28.5 Å². The molecule has 0 spiro atoms. The Morgan fingerprint density at radius 3 is 2.48 bits per heavy atom. The van der Waals surface area contributed by atoms with Crippen molar-refractivity contribution >= 4 is 17.2 Å². The van der Waals surface area contributed by atoms with Gasteiger partial charge in [0.25, 0.3) is 0 Å². The molecule has 27 heavy (non-hydrogen) atoms. The molecule has 3 aromatic rings. The van der Waals surface area contributed by atoms with Crippen molar-refractivity contribution in [1.29, 1.82) is 0 Å². The van der Waals surface area contributed by atoms with Crippen LogP contribution in [0.4, 0.5) is 0 Å². The molecule has 1 aromatic carbocycles. The number of carbonyl (C=O) groups is 1. The first-order chi connectivity index (χ1) is 13.3. The smallest absolute Gasteiger partial charge is 0.228 e. The first kappa shape index (κ1) is 17.8. The topological polar surface area (TPSA) is 49.3 Å². The maximum atomic E-state index is 12.6. The van der Waals surface area contributed by atoms with Crippen molar-refractivity contribution in [2.75, 3.05) is 26.2 Å². The van der Waals surface area contributed by atoms with Crippen LogP contribution in [0.5, 0.6) is 0 Å². The number of piperazine rings is 1. The van der Waals surface area contributed by atoms with Gasteiger partial charge in [-0.2, -0.15) is 0 Å². The van der Waals surface area contributed by atoms with E-state index >= 15 is 0 Å². The summed E-state index contributed by atoms with van der Waals surface area (Å²) < 4.78 is 0. The van der Waals surface area contributed by atoms with Crippen LogP contribution >= 0.6 is 11.3 Å². The lowest BCUT2D eigenvalue weighted by atomic mass is 10.2. The number of amides is 1. The SMILES string of the molecule is O=C(Cc1csc(-c2ccncc2)n1)N1CCN(Cc2ccccc2)CC1. The van der Waals surface area contributed by atoms with Crippen molar-refractivity contribution in [3.05, 3.63) is 71.5 Å². The second-order valence-electron chi connectivity index (χ2n) is 6.70. The van der Waals surface area contributed by atoms with E-state index in [9.17, 15) is 4.79 Å². The number of rotatable bonds is 5. The molecule has 6 heteroatoms. The maximum Gasteiger partial charge on any atom is 0.228 e. The molecule has 138 valence electrons. The molecule has 0 aliphatic carbocycles. The lowest BCUT2D eigenvalue weighted by Crippen LogP contribution is -2.48. The van der Waals surface area contributed by atoms with Gasteiger partial charge in [-0.1, -0.05) is 30.3 Å². The number of pyridine rings is 1. The fourth-order valence-corrected chi connectivity index (χ4v) is 4.10. The van der Waals surface area contributed by atoms with Crippen LogP contribution in [0.2, 0.25) is 0 Å². The van der Waals surface area contributed by atoms with Crippen molar-refractivity contribution < 1.29 is 4.79 Å². The third-order valence-electron chi connectivity index (χ3n) is 4.79. The van der Waals surface area contributed by atoms with E-state index in [1.165, 1.54) is 5.56 Å². The molecule has 1 aliphatic heterocycles. The Balaban J connectivity index is 1.29. The van der Waals surface area contributed by atoms with Crippen LogP contribution in [-0.4, -0.2) is 51.9 Å². The third kappa shape index (κ3) is 4.59. The highest BCUT2D eigenvalue weighted by Crippen LogP contribution is 2.23. The fraction of sp³-hybridized carbons (Fsp3) is 0.286. The van der Waals surface area contributed by atoms with Crippen LogP contribution < -0.4 is 0 Å². The standard InChI is InChI=1S/C21H22N4OS/c26-20(14-19-16-27-21(23-19)18-6-8-22-9-7-18)25-12-10-24(11-13-25)15-17-4-2-1-3-5-17/h1-9,16H,10-15H2. The largest absolute Gasteiger partial charge is 0.340 e. The number of thiazole rings is 1. The summed E-state index contributed by atoms with van der Waals surface area (Å²) in [5, 5.41) is 2.92. The van der Waals surface area contributed by atoms with E-state index in [4.69, 9.17) is 0 Å². The van der Waals surface area contributed by atoms with Crippen LogP contribution in [0.3, 0.4) is 0 Å². The number of nitrogens with zero attached hydrogens (tertiary/aromatic N) is 4. The molecule has 1 fully saturated rings. The highest BCUT2D eigenvalue weighted by atomic mass is 32.1. The van der Waals surface area contributed by atoms with E-state index in [-0.39, 0.29) is 5.91 Å². The van der Waals surface area contributed by atoms with Crippen LogP contribution in [-0.2, 0) is 17.8 Å². The Morgan fingerprint density at radius 1 is 1.00 bits per heavy atom. The third-order valence-corrected chi connectivity index (χ3v) is 5.73. The summed E-state index contributed by atoms with van der Waals surface area (Å²) in [5.41, 5.74) is 3.22. The normalized spacial score (nSPS) is 15.0. The van der Waals surface area contributed by atoms with Crippen molar-refractivity contribution in [3.8, 4) is 10.6 Å². The molecule has 0 atom stereocenters. The zero-order chi connectivity index (χ0) is 18.5. The number of hydrogen-bond donors (Lipinski definition) is 0. The minimum Gasteiger partial charge on any atom is -0.340 e. The van der Waals surface area contributed by atoms with Crippen molar-refractivity contribution in [3.63, 3.8) is 0 Å². The molecule has 0 unspecified atom stereocenters. The zero-order valence-electron chi connectivity index (χ0n) is 15.1. The summed E-state index contributed by atoms with van der Waals surface area (Å²) in [4.78, 5) is 25.7. The van der Waals surface area contributed by atoms with Gasteiger partial charge in [-0.25, -0.2) is 4.98 Å².